The largest absolute Gasteiger partial charge is 0.324 e. The van der Waals surface area contributed by atoms with E-state index in [2.05, 4.69) is 47.8 Å². The van der Waals surface area contributed by atoms with Gasteiger partial charge >= 0.3 is 0 Å². The molecule has 0 amide bonds. The number of rotatable bonds is 3. The molecule has 19 heavy (non-hydrogen) atoms. The van der Waals surface area contributed by atoms with Gasteiger partial charge in [-0.05, 0) is 57.7 Å². The van der Waals surface area contributed by atoms with Gasteiger partial charge in [-0.2, -0.15) is 0 Å². The summed E-state index contributed by atoms with van der Waals surface area (Å²) in [5.74, 6) is -0.262. The van der Waals surface area contributed by atoms with Crippen LogP contribution < -0.4 is 5.73 Å². The van der Waals surface area contributed by atoms with Crippen molar-refractivity contribution in [3.63, 3.8) is 0 Å². The minimum atomic E-state index is -0.262. The van der Waals surface area contributed by atoms with Gasteiger partial charge in [0.25, 0.3) is 0 Å². The van der Waals surface area contributed by atoms with Crippen LogP contribution in [-0.4, -0.2) is 0 Å². The van der Waals surface area contributed by atoms with Crippen molar-refractivity contribution in [1.29, 1.82) is 0 Å². The average Bonchev–Trinajstić information content (AvgIpc) is 2.33. The molecule has 0 aromatic heterocycles. The van der Waals surface area contributed by atoms with Gasteiger partial charge in [0, 0.05) is 15.0 Å². The van der Waals surface area contributed by atoms with Crippen molar-refractivity contribution in [2.75, 3.05) is 0 Å². The molecule has 0 aliphatic heterocycles. The topological polar surface area (TPSA) is 26.0 Å². The molecule has 5 heteroatoms. The molecule has 0 spiro atoms. The number of hydrogen-bond acceptors (Lipinski definition) is 1. The predicted molar refractivity (Wildman–Crippen MR) is 86.6 cm³/mol. The second-order valence-electron chi connectivity index (χ2n) is 4.22. The van der Waals surface area contributed by atoms with Gasteiger partial charge in [0.2, 0.25) is 0 Å². The Kier molecular flexibility index (Phi) is 5.17. The summed E-state index contributed by atoms with van der Waals surface area (Å²) in [5, 5.41) is 0. The van der Waals surface area contributed by atoms with Gasteiger partial charge in [-0.15, -0.1) is 0 Å². The van der Waals surface area contributed by atoms with Crippen molar-refractivity contribution < 1.29 is 4.39 Å². The molecule has 2 aromatic rings. The third-order valence-electron chi connectivity index (χ3n) is 2.80. The Morgan fingerprint density at radius 1 is 1.00 bits per heavy atom. The van der Waals surface area contributed by atoms with Gasteiger partial charge in [0.1, 0.15) is 5.82 Å². The highest BCUT2D eigenvalue weighted by Crippen LogP contribution is 2.28. The van der Waals surface area contributed by atoms with Crippen LogP contribution in [0.5, 0.6) is 0 Å². The van der Waals surface area contributed by atoms with E-state index in [1.54, 1.807) is 12.1 Å². The van der Waals surface area contributed by atoms with Crippen molar-refractivity contribution in [3.8, 4) is 0 Å². The van der Waals surface area contributed by atoms with Crippen molar-refractivity contribution in [2.24, 2.45) is 5.73 Å². The summed E-state index contributed by atoms with van der Waals surface area (Å²) in [6.07, 6.45) is 0.652. The lowest BCUT2D eigenvalue weighted by molar-refractivity contribution is 0.618. The molecule has 0 fully saturated rings. The van der Waals surface area contributed by atoms with E-state index in [-0.39, 0.29) is 11.9 Å². The van der Waals surface area contributed by atoms with E-state index in [0.717, 1.165) is 20.1 Å². The molecule has 2 aromatic carbocycles. The van der Waals surface area contributed by atoms with Crippen molar-refractivity contribution in [3.05, 3.63) is 66.8 Å². The van der Waals surface area contributed by atoms with E-state index in [1.807, 2.05) is 18.2 Å². The molecular weight excluding hydrogens is 441 g/mol. The summed E-state index contributed by atoms with van der Waals surface area (Å²) in [6.45, 7) is 0. The quantitative estimate of drug-likeness (QED) is 0.668. The van der Waals surface area contributed by atoms with Crippen LogP contribution in [0.3, 0.4) is 0 Å². The standard InChI is InChI=1S/C14H11Br3FN/c15-9-2-3-10(11(16)7-9)14(19)6-8-1-4-13(18)12(17)5-8/h1-5,7,14H,6,19H2. The van der Waals surface area contributed by atoms with Crippen LogP contribution in [0.2, 0.25) is 0 Å². The molecule has 0 radical (unpaired) electrons. The first kappa shape index (κ1) is 15.2. The molecule has 1 nitrogen and oxygen atoms in total. The Morgan fingerprint density at radius 2 is 1.74 bits per heavy atom. The first-order valence-electron chi connectivity index (χ1n) is 5.62. The van der Waals surface area contributed by atoms with Crippen LogP contribution >= 0.6 is 47.8 Å². The Bertz CT molecular complexity index is 601. The van der Waals surface area contributed by atoms with Gasteiger partial charge in [0.15, 0.2) is 0 Å². The fraction of sp³-hybridized carbons (Fsp3) is 0.143. The molecule has 0 aliphatic rings. The smallest absolute Gasteiger partial charge is 0.137 e. The molecule has 1 atom stereocenters. The second-order valence-corrected chi connectivity index (χ2v) is 6.85. The Labute approximate surface area is 136 Å². The fourth-order valence-electron chi connectivity index (χ4n) is 1.83. The van der Waals surface area contributed by atoms with E-state index < -0.39 is 0 Å². The number of halogens is 4. The fourth-order valence-corrected chi connectivity index (χ4v) is 3.60. The van der Waals surface area contributed by atoms with Crippen molar-refractivity contribution >= 4 is 47.8 Å². The van der Waals surface area contributed by atoms with Crippen LogP contribution in [0.4, 0.5) is 4.39 Å². The Hall–Kier alpha value is -0.230. The summed E-state index contributed by atoms with van der Waals surface area (Å²) < 4.78 is 15.6. The summed E-state index contributed by atoms with van der Waals surface area (Å²) in [4.78, 5) is 0. The molecule has 2 rings (SSSR count). The van der Waals surface area contributed by atoms with Crippen LogP contribution in [0.15, 0.2) is 49.8 Å². The van der Waals surface area contributed by atoms with E-state index in [1.165, 1.54) is 6.07 Å². The van der Waals surface area contributed by atoms with E-state index >= 15 is 0 Å². The summed E-state index contributed by atoms with van der Waals surface area (Å²) in [6, 6.07) is 10.7. The molecular formula is C14H11Br3FN. The van der Waals surface area contributed by atoms with E-state index in [9.17, 15) is 4.39 Å². The molecule has 0 saturated carbocycles. The van der Waals surface area contributed by atoms with Gasteiger partial charge < -0.3 is 5.73 Å². The molecule has 100 valence electrons. The SMILES string of the molecule is NC(Cc1ccc(F)c(Br)c1)c1ccc(Br)cc1Br. The molecule has 1 unspecified atom stereocenters. The molecule has 2 N–H and O–H groups in total. The second kappa shape index (κ2) is 6.48. The van der Waals surface area contributed by atoms with Crippen molar-refractivity contribution in [2.45, 2.75) is 12.5 Å². The van der Waals surface area contributed by atoms with Gasteiger partial charge in [-0.3, -0.25) is 0 Å². The zero-order chi connectivity index (χ0) is 14.0. The van der Waals surface area contributed by atoms with Gasteiger partial charge in [-0.1, -0.05) is 44.0 Å². The average molecular weight is 452 g/mol. The maximum absolute atomic E-state index is 13.2. The van der Waals surface area contributed by atoms with Crippen LogP contribution in [0.1, 0.15) is 17.2 Å². The van der Waals surface area contributed by atoms with Crippen molar-refractivity contribution in [1.82, 2.24) is 0 Å². The first-order valence-corrected chi connectivity index (χ1v) is 7.99. The number of hydrogen-bond donors (Lipinski definition) is 1. The molecule has 0 bridgehead atoms. The minimum absolute atomic E-state index is 0.139. The predicted octanol–water partition coefficient (Wildman–Crippen LogP) is 5.36. The summed E-state index contributed by atoms with van der Waals surface area (Å²) >= 11 is 10.1. The molecule has 0 saturated heterocycles. The van der Waals surface area contributed by atoms with E-state index in [4.69, 9.17) is 5.73 Å². The maximum atomic E-state index is 13.2. The van der Waals surface area contributed by atoms with Crippen LogP contribution in [0.25, 0.3) is 0 Å². The highest BCUT2D eigenvalue weighted by Gasteiger charge is 2.12. The summed E-state index contributed by atoms with van der Waals surface area (Å²) in [7, 11) is 0. The lowest BCUT2D eigenvalue weighted by atomic mass is 10.00. The lowest BCUT2D eigenvalue weighted by Crippen LogP contribution is -2.14. The third kappa shape index (κ3) is 3.88. The summed E-state index contributed by atoms with van der Waals surface area (Å²) in [5.41, 5.74) is 8.24. The minimum Gasteiger partial charge on any atom is -0.324 e. The van der Waals surface area contributed by atoms with Crippen LogP contribution in [-0.2, 0) is 6.42 Å². The zero-order valence-electron chi connectivity index (χ0n) is 9.84. The van der Waals surface area contributed by atoms with E-state index in [0.29, 0.717) is 10.9 Å². The Balaban J connectivity index is 2.20. The molecule has 0 aliphatic carbocycles. The molecule has 0 heterocycles. The monoisotopic (exact) mass is 449 g/mol. The first-order chi connectivity index (χ1) is 8.97. The van der Waals surface area contributed by atoms with Gasteiger partial charge in [-0.25, -0.2) is 4.39 Å². The highest BCUT2D eigenvalue weighted by atomic mass is 79.9. The maximum Gasteiger partial charge on any atom is 0.137 e. The third-order valence-corrected chi connectivity index (χ3v) is 4.59. The number of benzene rings is 2. The number of nitrogens with two attached hydrogens (primary N) is 1. The normalized spacial score (nSPS) is 12.5. The highest BCUT2D eigenvalue weighted by molar-refractivity contribution is 9.11. The lowest BCUT2D eigenvalue weighted by Gasteiger charge is -2.14. The zero-order valence-corrected chi connectivity index (χ0v) is 14.6. The van der Waals surface area contributed by atoms with Gasteiger partial charge in [0.05, 0.1) is 4.47 Å². The Morgan fingerprint density at radius 3 is 2.37 bits per heavy atom. The van der Waals surface area contributed by atoms with Crippen LogP contribution in [0, 0.1) is 5.82 Å².